The highest BCUT2D eigenvalue weighted by molar-refractivity contribution is 6.35. The quantitative estimate of drug-likeness (QED) is 0.575. The molecular formula is C19H17Cl2F3N2O. The minimum absolute atomic E-state index is 0.380. The molecule has 144 valence electrons. The van der Waals surface area contributed by atoms with Gasteiger partial charge in [-0.15, -0.1) is 0 Å². The Morgan fingerprint density at radius 2 is 1.78 bits per heavy atom. The van der Waals surface area contributed by atoms with Crippen molar-refractivity contribution in [3.05, 3.63) is 63.6 Å². The Bertz CT molecular complexity index is 822. The number of halogens is 5. The van der Waals surface area contributed by atoms with Gasteiger partial charge in [0.05, 0.1) is 11.6 Å². The summed E-state index contributed by atoms with van der Waals surface area (Å²) in [5.41, 5.74) is 0.197. The van der Waals surface area contributed by atoms with Crippen molar-refractivity contribution in [2.24, 2.45) is 0 Å². The number of urea groups is 1. The highest BCUT2D eigenvalue weighted by Gasteiger charge is 2.33. The summed E-state index contributed by atoms with van der Waals surface area (Å²) in [7, 11) is 0. The number of likely N-dealkylation sites (tertiary alicyclic amines) is 1. The second kappa shape index (κ2) is 7.98. The average Bonchev–Trinajstić information content (AvgIpc) is 2.60. The number of nitrogens with one attached hydrogen (secondary N) is 1. The number of benzene rings is 2. The predicted molar refractivity (Wildman–Crippen MR) is 100 cm³/mol. The van der Waals surface area contributed by atoms with E-state index in [-0.39, 0.29) is 0 Å². The van der Waals surface area contributed by atoms with Crippen molar-refractivity contribution in [3.63, 3.8) is 0 Å². The third kappa shape index (κ3) is 4.87. The van der Waals surface area contributed by atoms with E-state index in [9.17, 15) is 18.0 Å². The summed E-state index contributed by atoms with van der Waals surface area (Å²) in [6, 6.07) is 9.01. The Labute approximate surface area is 165 Å². The molecular weight excluding hydrogens is 400 g/mol. The van der Waals surface area contributed by atoms with Crippen LogP contribution < -0.4 is 5.32 Å². The standard InChI is InChI=1S/C19H17Cl2F3N2O/c20-14-9-15(21)11-16(10-14)25-18(27)26-7-2-1-6-17(26)12-4-3-5-13(8-12)19(22,23)24/h3-5,8-11,17H,1-2,6-7H2,(H,25,27). The van der Waals surface area contributed by atoms with E-state index in [2.05, 4.69) is 5.32 Å². The minimum atomic E-state index is -4.42. The fourth-order valence-electron chi connectivity index (χ4n) is 3.26. The van der Waals surface area contributed by atoms with Gasteiger partial charge >= 0.3 is 12.2 Å². The molecule has 1 aliphatic heterocycles. The first-order valence-corrected chi connectivity index (χ1v) is 9.20. The Hall–Kier alpha value is -1.92. The predicted octanol–water partition coefficient (Wildman–Crippen LogP) is 6.77. The van der Waals surface area contributed by atoms with Gasteiger partial charge < -0.3 is 10.2 Å². The van der Waals surface area contributed by atoms with Crippen molar-refractivity contribution in [2.45, 2.75) is 31.5 Å². The van der Waals surface area contributed by atoms with E-state index in [1.807, 2.05) is 0 Å². The van der Waals surface area contributed by atoms with Gasteiger partial charge in [-0.2, -0.15) is 13.2 Å². The van der Waals surface area contributed by atoms with Gasteiger partial charge in [0.2, 0.25) is 0 Å². The molecule has 2 amide bonds. The second-order valence-corrected chi connectivity index (χ2v) is 7.29. The third-order valence-corrected chi connectivity index (χ3v) is 4.91. The Balaban J connectivity index is 1.84. The van der Waals surface area contributed by atoms with Crippen molar-refractivity contribution in [1.82, 2.24) is 4.90 Å². The van der Waals surface area contributed by atoms with E-state index in [1.54, 1.807) is 29.2 Å². The molecule has 1 atom stereocenters. The lowest BCUT2D eigenvalue weighted by Gasteiger charge is -2.36. The topological polar surface area (TPSA) is 32.3 Å². The molecule has 1 saturated heterocycles. The molecule has 0 aliphatic carbocycles. The van der Waals surface area contributed by atoms with Crippen molar-refractivity contribution >= 4 is 34.9 Å². The lowest BCUT2D eigenvalue weighted by Crippen LogP contribution is -2.41. The van der Waals surface area contributed by atoms with Gasteiger partial charge in [0, 0.05) is 22.3 Å². The van der Waals surface area contributed by atoms with Crippen LogP contribution in [-0.2, 0) is 6.18 Å². The number of hydrogen-bond donors (Lipinski definition) is 1. The van der Waals surface area contributed by atoms with Gasteiger partial charge in [-0.1, -0.05) is 35.3 Å². The van der Waals surface area contributed by atoms with Crippen LogP contribution >= 0.6 is 23.2 Å². The number of carbonyl (C=O) groups is 1. The van der Waals surface area contributed by atoms with Crippen molar-refractivity contribution < 1.29 is 18.0 Å². The molecule has 1 unspecified atom stereocenters. The first-order valence-electron chi connectivity index (χ1n) is 8.45. The lowest BCUT2D eigenvalue weighted by molar-refractivity contribution is -0.137. The first-order chi connectivity index (χ1) is 12.7. The van der Waals surface area contributed by atoms with Crippen LogP contribution in [0.15, 0.2) is 42.5 Å². The van der Waals surface area contributed by atoms with Crippen LogP contribution in [0.5, 0.6) is 0 Å². The zero-order valence-electron chi connectivity index (χ0n) is 14.2. The number of nitrogens with zero attached hydrogens (tertiary/aromatic N) is 1. The van der Waals surface area contributed by atoms with Crippen LogP contribution in [0.1, 0.15) is 36.4 Å². The molecule has 1 N–H and O–H groups in total. The summed E-state index contributed by atoms with van der Waals surface area (Å²) >= 11 is 11.9. The van der Waals surface area contributed by atoms with Gasteiger partial charge in [-0.3, -0.25) is 0 Å². The molecule has 8 heteroatoms. The van der Waals surface area contributed by atoms with Gasteiger partial charge in [0.15, 0.2) is 0 Å². The summed E-state index contributed by atoms with van der Waals surface area (Å²) in [4.78, 5) is 14.3. The Morgan fingerprint density at radius 3 is 2.44 bits per heavy atom. The molecule has 27 heavy (non-hydrogen) atoms. The molecule has 3 rings (SSSR count). The van der Waals surface area contributed by atoms with Crippen molar-refractivity contribution in [3.8, 4) is 0 Å². The van der Waals surface area contributed by atoms with Crippen LogP contribution in [0.2, 0.25) is 10.0 Å². The fraction of sp³-hybridized carbons (Fsp3) is 0.316. The van der Waals surface area contributed by atoms with Gasteiger partial charge in [0.1, 0.15) is 0 Å². The number of rotatable bonds is 2. The van der Waals surface area contributed by atoms with Gasteiger partial charge in [-0.25, -0.2) is 4.79 Å². The van der Waals surface area contributed by atoms with Crippen LogP contribution in [-0.4, -0.2) is 17.5 Å². The van der Waals surface area contributed by atoms with Crippen LogP contribution in [0, 0.1) is 0 Å². The zero-order chi connectivity index (χ0) is 19.6. The van der Waals surface area contributed by atoms with Crippen molar-refractivity contribution in [1.29, 1.82) is 0 Å². The number of anilines is 1. The lowest BCUT2D eigenvalue weighted by atomic mass is 9.94. The van der Waals surface area contributed by atoms with Gasteiger partial charge in [-0.05, 0) is 55.2 Å². The first kappa shape index (κ1) is 19.8. The number of hydrogen-bond acceptors (Lipinski definition) is 1. The molecule has 0 spiro atoms. The molecule has 0 aromatic heterocycles. The fourth-order valence-corrected chi connectivity index (χ4v) is 3.79. The highest BCUT2D eigenvalue weighted by atomic mass is 35.5. The van der Waals surface area contributed by atoms with Crippen LogP contribution in [0.25, 0.3) is 0 Å². The number of piperidine rings is 1. The zero-order valence-corrected chi connectivity index (χ0v) is 15.7. The van der Waals surface area contributed by atoms with E-state index in [1.165, 1.54) is 6.07 Å². The highest BCUT2D eigenvalue weighted by Crippen LogP contribution is 2.36. The van der Waals surface area contributed by atoms with Crippen LogP contribution in [0.4, 0.5) is 23.7 Å². The normalized spacial score (nSPS) is 17.7. The Morgan fingerprint density at radius 1 is 1.07 bits per heavy atom. The monoisotopic (exact) mass is 416 g/mol. The Kier molecular flexibility index (Phi) is 5.86. The van der Waals surface area contributed by atoms with Crippen molar-refractivity contribution in [2.75, 3.05) is 11.9 Å². The van der Waals surface area contributed by atoms with E-state index < -0.39 is 23.8 Å². The minimum Gasteiger partial charge on any atom is -0.317 e. The molecule has 1 heterocycles. The number of carbonyl (C=O) groups excluding carboxylic acids is 1. The third-order valence-electron chi connectivity index (χ3n) is 4.48. The van der Waals surface area contributed by atoms with Gasteiger partial charge in [0.25, 0.3) is 0 Å². The number of amides is 2. The average molecular weight is 417 g/mol. The molecule has 0 saturated carbocycles. The molecule has 2 aromatic carbocycles. The molecule has 1 aliphatic rings. The van der Waals surface area contributed by atoms with E-state index in [4.69, 9.17) is 23.2 Å². The second-order valence-electron chi connectivity index (χ2n) is 6.42. The summed E-state index contributed by atoms with van der Waals surface area (Å²) in [5.74, 6) is 0. The SMILES string of the molecule is O=C(Nc1cc(Cl)cc(Cl)c1)N1CCCCC1c1cccc(C(F)(F)F)c1. The molecule has 3 nitrogen and oxygen atoms in total. The maximum Gasteiger partial charge on any atom is 0.416 e. The largest absolute Gasteiger partial charge is 0.416 e. The maximum atomic E-state index is 13.0. The molecule has 0 bridgehead atoms. The maximum absolute atomic E-state index is 13.0. The van der Waals surface area contributed by atoms with E-state index >= 15 is 0 Å². The number of alkyl halides is 3. The summed E-state index contributed by atoms with van der Waals surface area (Å²) in [6.07, 6.45) is -2.19. The van der Waals surface area contributed by atoms with E-state index in [0.717, 1.165) is 25.0 Å². The summed E-state index contributed by atoms with van der Waals surface area (Å²) in [5, 5.41) is 3.49. The summed E-state index contributed by atoms with van der Waals surface area (Å²) < 4.78 is 39.1. The molecule has 2 aromatic rings. The summed E-state index contributed by atoms with van der Waals surface area (Å²) in [6.45, 7) is 0.459. The molecule has 1 fully saturated rings. The smallest absolute Gasteiger partial charge is 0.317 e. The molecule has 0 radical (unpaired) electrons. The van der Waals surface area contributed by atoms with E-state index in [0.29, 0.717) is 34.3 Å². The van der Waals surface area contributed by atoms with Crippen LogP contribution in [0.3, 0.4) is 0 Å².